The van der Waals surface area contributed by atoms with Gasteiger partial charge in [-0.3, -0.25) is 0 Å². The van der Waals surface area contributed by atoms with E-state index in [9.17, 15) is 4.79 Å². The van der Waals surface area contributed by atoms with Crippen molar-refractivity contribution in [1.29, 1.82) is 0 Å². The number of hydrogen-bond donors (Lipinski definition) is 0. The van der Waals surface area contributed by atoms with Gasteiger partial charge in [0.1, 0.15) is 5.60 Å². The maximum Gasteiger partial charge on any atom is 0.417 e. The fourth-order valence-electron chi connectivity index (χ4n) is 0.725. The van der Waals surface area contributed by atoms with Gasteiger partial charge in [-0.1, -0.05) is 0 Å². The Kier molecular flexibility index (Phi) is 2.73. The summed E-state index contributed by atoms with van der Waals surface area (Å²) in [7, 11) is 1.51. The second kappa shape index (κ2) is 3.65. The van der Waals surface area contributed by atoms with Gasteiger partial charge in [0.15, 0.2) is 0 Å². The summed E-state index contributed by atoms with van der Waals surface area (Å²) in [5.41, 5.74) is -0.533. The zero-order chi connectivity index (χ0) is 10.8. The Morgan fingerprint density at radius 3 is 2.64 bits per heavy atom. The van der Waals surface area contributed by atoms with Crippen molar-refractivity contribution >= 4 is 12.0 Å². The quantitative estimate of drug-likeness (QED) is 0.684. The van der Waals surface area contributed by atoms with E-state index in [0.29, 0.717) is 0 Å². The van der Waals surface area contributed by atoms with Gasteiger partial charge in [0, 0.05) is 7.05 Å². The van der Waals surface area contributed by atoms with E-state index in [0.717, 1.165) is 6.39 Å². The van der Waals surface area contributed by atoms with Crippen LogP contribution >= 0.6 is 0 Å². The first-order valence-corrected chi connectivity index (χ1v) is 4.13. The molecule has 1 amide bonds. The third kappa shape index (κ3) is 2.72. The molecule has 1 aromatic rings. The number of aromatic nitrogens is 2. The molecule has 6 nitrogen and oxygen atoms in total. The number of anilines is 1. The molecule has 0 radical (unpaired) electrons. The first-order valence-electron chi connectivity index (χ1n) is 4.13. The molecule has 0 saturated heterocycles. The lowest BCUT2D eigenvalue weighted by Crippen LogP contribution is -2.34. The molecular weight excluding hydrogens is 186 g/mol. The molecule has 1 heterocycles. The van der Waals surface area contributed by atoms with Crippen molar-refractivity contribution in [3.05, 3.63) is 6.39 Å². The molecule has 0 spiro atoms. The van der Waals surface area contributed by atoms with Gasteiger partial charge >= 0.3 is 6.09 Å². The van der Waals surface area contributed by atoms with Crippen LogP contribution < -0.4 is 4.90 Å². The summed E-state index contributed by atoms with van der Waals surface area (Å²) in [5.74, 6) is 0.180. The van der Waals surface area contributed by atoms with Crippen molar-refractivity contribution in [1.82, 2.24) is 10.1 Å². The molecule has 0 atom stereocenters. The zero-order valence-corrected chi connectivity index (χ0v) is 8.64. The van der Waals surface area contributed by atoms with E-state index in [-0.39, 0.29) is 5.95 Å². The lowest BCUT2D eigenvalue weighted by Gasteiger charge is -2.22. The molecule has 0 N–H and O–H groups in total. The Morgan fingerprint density at radius 1 is 1.57 bits per heavy atom. The van der Waals surface area contributed by atoms with Crippen LogP contribution in [0.3, 0.4) is 0 Å². The summed E-state index contributed by atoms with van der Waals surface area (Å²) in [4.78, 5) is 16.3. The van der Waals surface area contributed by atoms with Crippen LogP contribution in [0.1, 0.15) is 20.8 Å². The summed E-state index contributed by atoms with van der Waals surface area (Å²) in [6, 6.07) is 0. The SMILES string of the molecule is CN(C(=O)OC(C)(C)C)c1ncon1. The fourth-order valence-corrected chi connectivity index (χ4v) is 0.725. The lowest BCUT2D eigenvalue weighted by molar-refractivity contribution is 0.0586. The van der Waals surface area contributed by atoms with E-state index in [2.05, 4.69) is 14.7 Å². The molecule has 78 valence electrons. The smallest absolute Gasteiger partial charge is 0.417 e. The minimum Gasteiger partial charge on any atom is -0.443 e. The van der Waals surface area contributed by atoms with Crippen molar-refractivity contribution in [2.24, 2.45) is 0 Å². The Hall–Kier alpha value is -1.59. The predicted octanol–water partition coefficient (Wildman–Crippen LogP) is 1.44. The Bertz CT molecular complexity index is 302. The third-order valence-electron chi connectivity index (χ3n) is 1.32. The van der Waals surface area contributed by atoms with Gasteiger partial charge in [0.05, 0.1) is 0 Å². The number of ether oxygens (including phenoxy) is 1. The second-order valence-electron chi connectivity index (χ2n) is 3.77. The molecule has 14 heavy (non-hydrogen) atoms. The summed E-state index contributed by atoms with van der Waals surface area (Å²) in [6.07, 6.45) is 0.634. The molecule has 0 unspecified atom stereocenters. The van der Waals surface area contributed by atoms with Gasteiger partial charge in [-0.05, 0) is 25.9 Å². The summed E-state index contributed by atoms with van der Waals surface area (Å²) in [5, 5.41) is 3.51. The largest absolute Gasteiger partial charge is 0.443 e. The number of carbonyl (C=O) groups excluding carboxylic acids is 1. The Balaban J connectivity index is 2.63. The van der Waals surface area contributed by atoms with Gasteiger partial charge in [-0.25, -0.2) is 9.69 Å². The van der Waals surface area contributed by atoms with Crippen molar-refractivity contribution in [3.8, 4) is 0 Å². The van der Waals surface area contributed by atoms with E-state index in [1.165, 1.54) is 11.9 Å². The van der Waals surface area contributed by atoms with Gasteiger partial charge < -0.3 is 9.26 Å². The first kappa shape index (κ1) is 10.5. The van der Waals surface area contributed by atoms with Crippen LogP contribution in [0.5, 0.6) is 0 Å². The van der Waals surface area contributed by atoms with Gasteiger partial charge in [0.2, 0.25) is 6.39 Å². The molecule has 0 fully saturated rings. The average Bonchev–Trinajstić information content (AvgIpc) is 2.51. The number of rotatable bonds is 1. The summed E-state index contributed by atoms with van der Waals surface area (Å²) in [6.45, 7) is 5.36. The van der Waals surface area contributed by atoms with Crippen molar-refractivity contribution < 1.29 is 14.1 Å². The van der Waals surface area contributed by atoms with E-state index in [1.807, 2.05) is 0 Å². The first-order chi connectivity index (χ1) is 6.40. The highest BCUT2D eigenvalue weighted by atomic mass is 16.6. The van der Waals surface area contributed by atoms with Crippen LogP contribution in [0.4, 0.5) is 10.7 Å². The highest BCUT2D eigenvalue weighted by molar-refractivity contribution is 5.84. The summed E-state index contributed by atoms with van der Waals surface area (Å²) < 4.78 is 9.59. The molecule has 1 aromatic heterocycles. The third-order valence-corrected chi connectivity index (χ3v) is 1.32. The number of hydrogen-bond acceptors (Lipinski definition) is 5. The van der Waals surface area contributed by atoms with Crippen LogP contribution in [-0.4, -0.2) is 28.9 Å². The van der Waals surface area contributed by atoms with E-state index in [1.54, 1.807) is 20.8 Å². The topological polar surface area (TPSA) is 68.5 Å². The lowest BCUT2D eigenvalue weighted by atomic mass is 10.2. The van der Waals surface area contributed by atoms with Crippen LogP contribution in [0.25, 0.3) is 0 Å². The van der Waals surface area contributed by atoms with Crippen LogP contribution in [0.2, 0.25) is 0 Å². The van der Waals surface area contributed by atoms with Gasteiger partial charge in [-0.2, -0.15) is 4.98 Å². The number of nitrogens with zero attached hydrogens (tertiary/aromatic N) is 3. The van der Waals surface area contributed by atoms with Gasteiger partial charge in [-0.15, -0.1) is 0 Å². The zero-order valence-electron chi connectivity index (χ0n) is 8.64. The molecule has 0 aliphatic carbocycles. The van der Waals surface area contributed by atoms with Crippen molar-refractivity contribution in [2.45, 2.75) is 26.4 Å². The van der Waals surface area contributed by atoms with E-state index < -0.39 is 11.7 Å². The second-order valence-corrected chi connectivity index (χ2v) is 3.77. The van der Waals surface area contributed by atoms with Crippen molar-refractivity contribution in [3.63, 3.8) is 0 Å². The molecule has 1 rings (SSSR count). The maximum absolute atomic E-state index is 11.4. The fraction of sp³-hybridized carbons (Fsp3) is 0.625. The average molecular weight is 199 g/mol. The van der Waals surface area contributed by atoms with Crippen LogP contribution in [0, 0.1) is 0 Å². The predicted molar refractivity (Wildman–Crippen MR) is 48.9 cm³/mol. The normalized spacial score (nSPS) is 11.1. The molecule has 0 bridgehead atoms. The molecule has 0 aliphatic rings. The van der Waals surface area contributed by atoms with Crippen LogP contribution in [0.15, 0.2) is 10.9 Å². The Morgan fingerprint density at radius 2 is 2.21 bits per heavy atom. The molecule has 0 saturated carbocycles. The number of carbonyl (C=O) groups is 1. The minimum atomic E-state index is -0.533. The highest BCUT2D eigenvalue weighted by Gasteiger charge is 2.22. The number of amides is 1. The Labute approximate surface area is 81.8 Å². The van der Waals surface area contributed by atoms with Gasteiger partial charge in [0.25, 0.3) is 5.95 Å². The molecule has 0 aromatic carbocycles. The highest BCUT2D eigenvalue weighted by Crippen LogP contribution is 2.12. The minimum absolute atomic E-state index is 0.180. The van der Waals surface area contributed by atoms with Crippen LogP contribution in [-0.2, 0) is 4.74 Å². The molecule has 6 heteroatoms. The molecular formula is C8H13N3O3. The summed E-state index contributed by atoms with van der Waals surface area (Å²) >= 11 is 0. The monoisotopic (exact) mass is 199 g/mol. The molecule has 0 aliphatic heterocycles. The standard InChI is InChI=1S/C8H13N3O3/c1-8(2,3)14-7(12)11(4)6-9-5-13-10-6/h5H,1-4H3. The van der Waals surface area contributed by atoms with E-state index in [4.69, 9.17) is 4.74 Å². The maximum atomic E-state index is 11.4. The van der Waals surface area contributed by atoms with E-state index >= 15 is 0 Å². The van der Waals surface area contributed by atoms with Crippen molar-refractivity contribution in [2.75, 3.05) is 11.9 Å².